The molecule has 0 amide bonds. The molecule has 0 saturated heterocycles. The number of benzene rings is 2. The number of fused-ring (bicyclic) bond motifs is 3. The maximum Gasteiger partial charge on any atom is 0.335 e. The minimum absolute atomic E-state index is 0.193. The summed E-state index contributed by atoms with van der Waals surface area (Å²) in [6, 6.07) is 12.9. The Kier molecular flexibility index (Phi) is 5.48. The third-order valence-corrected chi connectivity index (χ3v) is 5.93. The number of anilines is 2. The summed E-state index contributed by atoms with van der Waals surface area (Å²) in [5, 5.41) is 12.8. The first kappa shape index (κ1) is 21.0. The molecular formula is C25H18ClFN4O2. The smallest absolute Gasteiger partial charge is 0.335 e. The highest BCUT2D eigenvalue weighted by Crippen LogP contribution is 2.39. The molecular weight excluding hydrogens is 443 g/mol. The van der Waals surface area contributed by atoms with Crippen LogP contribution in [0.25, 0.3) is 0 Å². The number of carboxylic acid groups (broad SMARTS) is 1. The number of nitrogens with one attached hydrogen (secondary N) is 1. The maximum absolute atomic E-state index is 14.6. The molecule has 164 valence electrons. The fourth-order valence-electron chi connectivity index (χ4n) is 4.08. The zero-order chi connectivity index (χ0) is 22.9. The van der Waals surface area contributed by atoms with Gasteiger partial charge < -0.3 is 10.4 Å². The Hall–Kier alpha value is -3.84. The molecule has 1 aromatic heterocycles. The van der Waals surface area contributed by atoms with Gasteiger partial charge in [0.25, 0.3) is 0 Å². The van der Waals surface area contributed by atoms with Crippen molar-refractivity contribution in [2.75, 3.05) is 5.32 Å². The van der Waals surface area contributed by atoms with E-state index in [1.807, 2.05) is 18.2 Å². The van der Waals surface area contributed by atoms with Crippen molar-refractivity contribution in [2.24, 2.45) is 10.9 Å². The van der Waals surface area contributed by atoms with Gasteiger partial charge in [-0.3, -0.25) is 4.99 Å². The Labute approximate surface area is 194 Å². The summed E-state index contributed by atoms with van der Waals surface area (Å²) in [5.41, 5.74) is 3.56. The molecule has 0 bridgehead atoms. The Morgan fingerprint density at radius 2 is 1.91 bits per heavy atom. The van der Waals surface area contributed by atoms with Gasteiger partial charge in [0.05, 0.1) is 23.5 Å². The number of hydrogen-bond acceptors (Lipinski definition) is 5. The molecule has 2 aromatic carbocycles. The quantitative estimate of drug-likeness (QED) is 0.540. The first-order valence-electron chi connectivity index (χ1n) is 10.3. The van der Waals surface area contributed by atoms with E-state index in [0.717, 1.165) is 11.3 Å². The van der Waals surface area contributed by atoms with Crippen molar-refractivity contribution in [2.45, 2.75) is 12.5 Å². The molecule has 2 N–H and O–H groups in total. The predicted molar refractivity (Wildman–Crippen MR) is 125 cm³/mol. The van der Waals surface area contributed by atoms with Gasteiger partial charge in [-0.25, -0.2) is 19.2 Å². The number of hydrogen-bond donors (Lipinski definition) is 2. The number of carbonyl (C=O) groups is 1. The Bertz CT molecular complexity index is 1330. The Morgan fingerprint density at radius 1 is 1.12 bits per heavy atom. The lowest BCUT2D eigenvalue weighted by atomic mass is 9.80. The zero-order valence-corrected chi connectivity index (χ0v) is 18.0. The molecule has 8 heteroatoms. The first-order chi connectivity index (χ1) is 16.0. The molecule has 0 radical (unpaired) electrons. The topological polar surface area (TPSA) is 87.5 Å². The van der Waals surface area contributed by atoms with Crippen LogP contribution in [-0.4, -0.2) is 26.8 Å². The van der Waals surface area contributed by atoms with Gasteiger partial charge in [-0.1, -0.05) is 42.0 Å². The minimum atomic E-state index is -0.990. The van der Waals surface area contributed by atoms with Gasteiger partial charge in [0, 0.05) is 39.9 Å². The lowest BCUT2D eigenvalue weighted by molar-refractivity contribution is 0.0697. The van der Waals surface area contributed by atoms with Crippen LogP contribution >= 0.6 is 11.6 Å². The maximum atomic E-state index is 14.6. The van der Waals surface area contributed by atoms with E-state index in [9.17, 15) is 9.18 Å². The van der Waals surface area contributed by atoms with Crippen molar-refractivity contribution >= 4 is 34.9 Å². The standard InChI is InChI=1S/C25H18ClFN4O2/c26-16-7-10-18-20(11-16)23(19-3-1-2-4-21(19)27)28-12-15-13-29-25(31-22(15)18)30-17-8-5-14(6-9-17)24(32)33/h1-11,13,18,20H,12H2,(H,32,33)(H,29,30,31). The second kappa shape index (κ2) is 8.60. The van der Waals surface area contributed by atoms with Crippen molar-refractivity contribution in [3.8, 4) is 0 Å². The summed E-state index contributed by atoms with van der Waals surface area (Å²) in [6.07, 6.45) is 7.38. The lowest BCUT2D eigenvalue weighted by Crippen LogP contribution is -2.23. The summed E-state index contributed by atoms with van der Waals surface area (Å²) < 4.78 is 14.6. The molecule has 0 spiro atoms. The average molecular weight is 461 g/mol. The summed E-state index contributed by atoms with van der Waals surface area (Å²) >= 11 is 6.32. The second-order valence-electron chi connectivity index (χ2n) is 7.76. The summed E-state index contributed by atoms with van der Waals surface area (Å²) in [7, 11) is 0. The fourth-order valence-corrected chi connectivity index (χ4v) is 4.29. The lowest BCUT2D eigenvalue weighted by Gasteiger charge is -2.25. The molecule has 0 saturated carbocycles. The molecule has 5 rings (SSSR count). The number of aliphatic imine (C=N–C) groups is 1. The van der Waals surface area contributed by atoms with E-state index in [4.69, 9.17) is 26.7 Å². The van der Waals surface area contributed by atoms with E-state index in [2.05, 4.69) is 10.3 Å². The number of aromatic carboxylic acids is 1. The van der Waals surface area contributed by atoms with Crippen LogP contribution in [0, 0.1) is 11.7 Å². The van der Waals surface area contributed by atoms with E-state index in [-0.39, 0.29) is 23.2 Å². The normalized spacial score (nSPS) is 19.0. The molecule has 2 atom stereocenters. The number of halogens is 2. The van der Waals surface area contributed by atoms with Crippen molar-refractivity contribution in [3.05, 3.63) is 106 Å². The van der Waals surface area contributed by atoms with Gasteiger partial charge in [0.1, 0.15) is 5.82 Å². The third kappa shape index (κ3) is 4.15. The van der Waals surface area contributed by atoms with Crippen molar-refractivity contribution in [1.82, 2.24) is 9.97 Å². The van der Waals surface area contributed by atoms with Gasteiger partial charge >= 0.3 is 5.97 Å². The van der Waals surface area contributed by atoms with Crippen LogP contribution in [-0.2, 0) is 6.54 Å². The minimum Gasteiger partial charge on any atom is -0.478 e. The van der Waals surface area contributed by atoms with Gasteiger partial charge in [0.2, 0.25) is 5.95 Å². The summed E-state index contributed by atoms with van der Waals surface area (Å²) in [4.78, 5) is 25.0. The van der Waals surface area contributed by atoms with Crippen molar-refractivity contribution in [3.63, 3.8) is 0 Å². The molecule has 2 aliphatic rings. The Morgan fingerprint density at radius 3 is 2.67 bits per heavy atom. The van der Waals surface area contributed by atoms with Gasteiger partial charge in [-0.05, 0) is 36.4 Å². The fraction of sp³-hybridized carbons (Fsp3) is 0.120. The number of nitrogens with zero attached hydrogens (tertiary/aromatic N) is 3. The number of allylic oxidation sites excluding steroid dienone is 4. The molecule has 1 aliphatic carbocycles. The second-order valence-corrected chi connectivity index (χ2v) is 8.19. The average Bonchev–Trinajstić information content (AvgIpc) is 2.96. The highest BCUT2D eigenvalue weighted by atomic mass is 35.5. The number of rotatable bonds is 4. The SMILES string of the molecule is O=C(O)c1ccc(Nc2ncc3c(n2)C2C=CC(Cl)=CC2C(c2ccccc2F)=NC3)cc1. The van der Waals surface area contributed by atoms with Crippen LogP contribution in [0.1, 0.15) is 33.1 Å². The van der Waals surface area contributed by atoms with Crippen LogP contribution < -0.4 is 5.32 Å². The van der Waals surface area contributed by atoms with Crippen molar-refractivity contribution in [1.29, 1.82) is 0 Å². The van der Waals surface area contributed by atoms with E-state index < -0.39 is 5.97 Å². The monoisotopic (exact) mass is 460 g/mol. The van der Waals surface area contributed by atoms with Crippen LogP contribution in [0.2, 0.25) is 0 Å². The first-order valence-corrected chi connectivity index (χ1v) is 10.7. The molecule has 2 unspecified atom stereocenters. The highest BCUT2D eigenvalue weighted by molar-refractivity contribution is 6.31. The Balaban J connectivity index is 1.51. The van der Waals surface area contributed by atoms with Gasteiger partial charge in [-0.2, -0.15) is 0 Å². The summed E-state index contributed by atoms with van der Waals surface area (Å²) in [6.45, 7) is 0.318. The van der Waals surface area contributed by atoms with Gasteiger partial charge in [0.15, 0.2) is 0 Å². The van der Waals surface area contributed by atoms with E-state index in [0.29, 0.717) is 34.5 Å². The zero-order valence-electron chi connectivity index (χ0n) is 17.2. The van der Waals surface area contributed by atoms with E-state index in [1.54, 1.807) is 36.5 Å². The number of aromatic nitrogens is 2. The molecule has 1 aliphatic heterocycles. The van der Waals surface area contributed by atoms with Crippen LogP contribution in [0.15, 0.2) is 83.0 Å². The largest absolute Gasteiger partial charge is 0.478 e. The predicted octanol–water partition coefficient (Wildman–Crippen LogP) is 5.45. The molecule has 6 nitrogen and oxygen atoms in total. The van der Waals surface area contributed by atoms with Gasteiger partial charge in [-0.15, -0.1) is 0 Å². The molecule has 33 heavy (non-hydrogen) atoms. The summed E-state index contributed by atoms with van der Waals surface area (Å²) in [5.74, 6) is -1.42. The van der Waals surface area contributed by atoms with Crippen molar-refractivity contribution < 1.29 is 14.3 Å². The highest BCUT2D eigenvalue weighted by Gasteiger charge is 2.33. The number of carboxylic acids is 1. The third-order valence-electron chi connectivity index (χ3n) is 5.68. The van der Waals surface area contributed by atoms with E-state index >= 15 is 0 Å². The van der Waals surface area contributed by atoms with Crippen LogP contribution in [0.4, 0.5) is 16.0 Å². The van der Waals surface area contributed by atoms with Crippen LogP contribution in [0.3, 0.4) is 0 Å². The van der Waals surface area contributed by atoms with E-state index in [1.165, 1.54) is 18.2 Å². The molecule has 0 fully saturated rings. The molecule has 2 heterocycles. The van der Waals surface area contributed by atoms with Crippen LogP contribution in [0.5, 0.6) is 0 Å². The molecule has 3 aromatic rings.